The minimum atomic E-state index is -4.35. The van der Waals surface area contributed by atoms with Gasteiger partial charge < -0.3 is 24.4 Å². The van der Waals surface area contributed by atoms with Crippen LogP contribution in [-0.4, -0.2) is 65.1 Å². The number of hydrogen-bond donors (Lipinski definition) is 1. The van der Waals surface area contributed by atoms with Crippen molar-refractivity contribution in [3.63, 3.8) is 0 Å². The molecule has 1 aliphatic rings. The lowest BCUT2D eigenvalue weighted by Crippen LogP contribution is -2.50. The van der Waals surface area contributed by atoms with Gasteiger partial charge in [0.15, 0.2) is 11.5 Å². The number of benzene rings is 3. The predicted molar refractivity (Wildman–Crippen MR) is 145 cm³/mol. The SMILES string of the molecule is CNC(=O)[C@@H](C)N(Cc1ccc(OC)cc1)C(=O)CN(c1ccc(F)cc1)S(=O)(=O)c1ccc2c(c1)OCCO2. The van der Waals surface area contributed by atoms with Gasteiger partial charge in [-0.15, -0.1) is 0 Å². The minimum Gasteiger partial charge on any atom is -0.497 e. The van der Waals surface area contributed by atoms with E-state index in [0.717, 1.165) is 16.4 Å². The molecular formula is C28H30FN3O7S. The molecule has 0 radical (unpaired) electrons. The lowest BCUT2D eigenvalue weighted by molar-refractivity contribution is -0.139. The van der Waals surface area contributed by atoms with Crippen molar-refractivity contribution in [3.05, 3.63) is 78.1 Å². The fourth-order valence-electron chi connectivity index (χ4n) is 4.17. The van der Waals surface area contributed by atoms with E-state index in [1.54, 1.807) is 31.2 Å². The second kappa shape index (κ2) is 12.2. The molecule has 0 spiro atoms. The summed E-state index contributed by atoms with van der Waals surface area (Å²) >= 11 is 0. The number of hydrogen-bond acceptors (Lipinski definition) is 7. The average Bonchev–Trinajstić information content (AvgIpc) is 2.98. The number of rotatable bonds is 10. The van der Waals surface area contributed by atoms with Gasteiger partial charge in [-0.1, -0.05) is 12.1 Å². The second-order valence-corrected chi connectivity index (χ2v) is 10.8. The molecule has 3 aromatic rings. The van der Waals surface area contributed by atoms with Gasteiger partial charge in [-0.2, -0.15) is 0 Å². The molecule has 4 rings (SSSR count). The molecule has 0 fully saturated rings. The molecule has 12 heteroatoms. The number of sulfonamides is 1. The monoisotopic (exact) mass is 571 g/mol. The zero-order chi connectivity index (χ0) is 28.9. The fraction of sp³-hybridized carbons (Fsp3) is 0.286. The van der Waals surface area contributed by atoms with E-state index in [2.05, 4.69) is 5.32 Å². The fourth-order valence-corrected chi connectivity index (χ4v) is 5.60. The molecule has 0 aromatic heterocycles. The zero-order valence-corrected chi connectivity index (χ0v) is 23.1. The molecule has 0 bridgehead atoms. The van der Waals surface area contributed by atoms with E-state index in [9.17, 15) is 22.4 Å². The van der Waals surface area contributed by atoms with E-state index < -0.39 is 40.2 Å². The Morgan fingerprint density at radius 1 is 1.00 bits per heavy atom. The number of carbonyl (C=O) groups is 2. The molecule has 0 aliphatic carbocycles. The highest BCUT2D eigenvalue weighted by atomic mass is 32.2. The number of ether oxygens (including phenoxy) is 3. The van der Waals surface area contributed by atoms with Crippen LogP contribution < -0.4 is 23.8 Å². The molecule has 1 N–H and O–H groups in total. The van der Waals surface area contributed by atoms with Gasteiger partial charge in [-0.05, 0) is 61.0 Å². The van der Waals surface area contributed by atoms with Crippen LogP contribution in [0.15, 0.2) is 71.6 Å². The first-order valence-electron chi connectivity index (χ1n) is 12.5. The predicted octanol–water partition coefficient (Wildman–Crippen LogP) is 2.96. The van der Waals surface area contributed by atoms with Crippen LogP contribution >= 0.6 is 0 Å². The Hall–Kier alpha value is -4.32. The van der Waals surface area contributed by atoms with E-state index in [0.29, 0.717) is 23.7 Å². The van der Waals surface area contributed by atoms with Gasteiger partial charge >= 0.3 is 0 Å². The van der Waals surface area contributed by atoms with E-state index in [1.165, 1.54) is 49.4 Å². The van der Waals surface area contributed by atoms with Gasteiger partial charge in [-0.25, -0.2) is 12.8 Å². The maximum atomic E-state index is 13.9. The first kappa shape index (κ1) is 28.7. The maximum absolute atomic E-state index is 13.9. The van der Waals surface area contributed by atoms with Gasteiger partial charge in [0.05, 0.1) is 17.7 Å². The third-order valence-electron chi connectivity index (χ3n) is 6.42. The van der Waals surface area contributed by atoms with Crippen LogP contribution in [0.3, 0.4) is 0 Å². The number of methoxy groups -OCH3 is 1. The summed E-state index contributed by atoms with van der Waals surface area (Å²) in [6.07, 6.45) is 0. The molecule has 0 unspecified atom stereocenters. The quantitative estimate of drug-likeness (QED) is 0.398. The highest BCUT2D eigenvalue weighted by Crippen LogP contribution is 2.34. The Labute approximate surface area is 232 Å². The van der Waals surface area contributed by atoms with Gasteiger partial charge in [-0.3, -0.25) is 13.9 Å². The molecule has 3 aromatic carbocycles. The van der Waals surface area contributed by atoms with Gasteiger partial charge in [0, 0.05) is 19.7 Å². The first-order valence-corrected chi connectivity index (χ1v) is 13.9. The van der Waals surface area contributed by atoms with Crippen molar-refractivity contribution >= 4 is 27.5 Å². The van der Waals surface area contributed by atoms with Crippen molar-refractivity contribution in [2.45, 2.75) is 24.4 Å². The largest absolute Gasteiger partial charge is 0.497 e. The minimum absolute atomic E-state index is 0.0265. The summed E-state index contributed by atoms with van der Waals surface area (Å²) in [5.74, 6) is -0.357. The molecule has 10 nitrogen and oxygen atoms in total. The molecule has 1 atom stereocenters. The molecule has 212 valence electrons. The molecule has 2 amide bonds. The van der Waals surface area contributed by atoms with Crippen LogP contribution in [0.5, 0.6) is 17.2 Å². The van der Waals surface area contributed by atoms with E-state index >= 15 is 0 Å². The van der Waals surface area contributed by atoms with Crippen molar-refractivity contribution in [1.82, 2.24) is 10.2 Å². The van der Waals surface area contributed by atoms with E-state index in [1.807, 2.05) is 0 Å². The molecule has 40 heavy (non-hydrogen) atoms. The van der Waals surface area contributed by atoms with Crippen molar-refractivity contribution in [3.8, 4) is 17.2 Å². The second-order valence-electron chi connectivity index (χ2n) is 8.95. The van der Waals surface area contributed by atoms with Gasteiger partial charge in [0.2, 0.25) is 11.8 Å². The Morgan fingerprint density at radius 3 is 2.27 bits per heavy atom. The van der Waals surface area contributed by atoms with Crippen molar-refractivity contribution < 1.29 is 36.6 Å². The van der Waals surface area contributed by atoms with Crippen LogP contribution in [-0.2, 0) is 26.2 Å². The number of nitrogens with one attached hydrogen (secondary N) is 1. The highest BCUT2D eigenvalue weighted by Gasteiger charge is 2.33. The Bertz CT molecular complexity index is 1460. The Kier molecular flexibility index (Phi) is 8.78. The van der Waals surface area contributed by atoms with Crippen molar-refractivity contribution in [1.29, 1.82) is 0 Å². The molecule has 0 saturated carbocycles. The first-order chi connectivity index (χ1) is 19.1. The molecule has 1 aliphatic heterocycles. The zero-order valence-electron chi connectivity index (χ0n) is 22.3. The molecule has 0 saturated heterocycles. The normalized spacial score (nSPS) is 13.2. The van der Waals surface area contributed by atoms with Crippen LogP contribution in [0.25, 0.3) is 0 Å². The summed E-state index contributed by atoms with van der Waals surface area (Å²) in [5.41, 5.74) is 0.773. The highest BCUT2D eigenvalue weighted by molar-refractivity contribution is 7.92. The number of likely N-dealkylation sites (N-methyl/N-ethyl adjacent to an activating group) is 1. The third kappa shape index (κ3) is 6.28. The van der Waals surface area contributed by atoms with E-state index in [4.69, 9.17) is 14.2 Å². The summed E-state index contributed by atoms with van der Waals surface area (Å²) in [7, 11) is -1.37. The summed E-state index contributed by atoms with van der Waals surface area (Å²) in [6.45, 7) is 1.52. The van der Waals surface area contributed by atoms with Crippen LogP contribution in [0, 0.1) is 5.82 Å². The van der Waals surface area contributed by atoms with Crippen LogP contribution in [0.2, 0.25) is 0 Å². The number of anilines is 1. The number of fused-ring (bicyclic) bond motifs is 1. The van der Waals surface area contributed by atoms with Gasteiger partial charge in [0.1, 0.15) is 37.4 Å². The number of carbonyl (C=O) groups excluding carboxylic acids is 2. The lowest BCUT2D eigenvalue weighted by atomic mass is 10.1. The van der Waals surface area contributed by atoms with Crippen LogP contribution in [0.4, 0.5) is 10.1 Å². The Balaban J connectivity index is 1.71. The smallest absolute Gasteiger partial charge is 0.264 e. The number of halogens is 1. The maximum Gasteiger partial charge on any atom is 0.264 e. The summed E-state index contributed by atoms with van der Waals surface area (Å²) in [6, 6.07) is 14.9. The van der Waals surface area contributed by atoms with Crippen LogP contribution in [0.1, 0.15) is 12.5 Å². The van der Waals surface area contributed by atoms with Gasteiger partial charge in [0.25, 0.3) is 10.0 Å². The average molecular weight is 572 g/mol. The summed E-state index contributed by atoms with van der Waals surface area (Å²) in [5, 5.41) is 2.53. The standard InChI is InChI=1S/C28H30FN3O7S/c1-19(28(34)30-2)31(17-20-4-10-23(37-3)11-5-20)27(33)18-32(22-8-6-21(29)7-9-22)40(35,36)24-12-13-25-26(16-24)39-15-14-38-25/h4-13,16,19H,14-15,17-18H2,1-3H3,(H,30,34)/t19-/m1/s1. The molecular weight excluding hydrogens is 541 g/mol. The number of nitrogens with zero attached hydrogens (tertiary/aromatic N) is 2. The summed E-state index contributed by atoms with van der Waals surface area (Å²) in [4.78, 5) is 27.5. The third-order valence-corrected chi connectivity index (χ3v) is 8.19. The van der Waals surface area contributed by atoms with E-state index in [-0.39, 0.29) is 29.5 Å². The summed E-state index contributed by atoms with van der Waals surface area (Å²) < 4.78 is 58.7. The topological polar surface area (TPSA) is 114 Å². The van der Waals surface area contributed by atoms with Crippen molar-refractivity contribution in [2.24, 2.45) is 0 Å². The Morgan fingerprint density at radius 2 is 1.65 bits per heavy atom. The van der Waals surface area contributed by atoms with Crippen molar-refractivity contribution in [2.75, 3.05) is 38.2 Å². The lowest BCUT2D eigenvalue weighted by Gasteiger charge is -2.32. The molecule has 1 heterocycles. The number of amides is 2.